The number of nitrogens with zero attached hydrogens (tertiary/aromatic N) is 2. The lowest BCUT2D eigenvalue weighted by Gasteiger charge is -2.32. The summed E-state index contributed by atoms with van der Waals surface area (Å²) in [7, 11) is 0. The van der Waals surface area contributed by atoms with E-state index in [1.165, 1.54) is 39.5 Å². The van der Waals surface area contributed by atoms with Crippen molar-refractivity contribution in [1.82, 2.24) is 4.98 Å². The fourth-order valence-electron chi connectivity index (χ4n) is 3.47. The van der Waals surface area contributed by atoms with Gasteiger partial charge < -0.3 is 4.90 Å². The van der Waals surface area contributed by atoms with Crippen molar-refractivity contribution in [3.8, 4) is 0 Å². The van der Waals surface area contributed by atoms with Crippen molar-refractivity contribution in [1.29, 1.82) is 0 Å². The van der Waals surface area contributed by atoms with E-state index in [0.717, 1.165) is 31.3 Å². The third-order valence-corrected chi connectivity index (χ3v) is 5.78. The first-order chi connectivity index (χ1) is 11.8. The number of rotatable bonds is 5. The molecule has 0 unspecified atom stereocenters. The van der Waals surface area contributed by atoms with Crippen LogP contribution in [0.2, 0.25) is 0 Å². The Kier molecular flexibility index (Phi) is 4.35. The lowest BCUT2D eigenvalue weighted by molar-refractivity contribution is 0.703. The van der Waals surface area contributed by atoms with Gasteiger partial charge in [-0.3, -0.25) is 0 Å². The molecule has 24 heavy (non-hydrogen) atoms. The second kappa shape index (κ2) is 6.78. The molecule has 0 bridgehead atoms. The molecule has 0 N–H and O–H groups in total. The number of hydrogen-bond donors (Lipinski definition) is 0. The van der Waals surface area contributed by atoms with Gasteiger partial charge in [0.1, 0.15) is 0 Å². The van der Waals surface area contributed by atoms with E-state index in [1.807, 2.05) is 11.3 Å². The predicted octanol–water partition coefficient (Wildman–Crippen LogP) is 5.59. The molecule has 1 aliphatic rings. The minimum atomic E-state index is 1.03. The quantitative estimate of drug-likeness (QED) is 0.605. The molecule has 0 spiro atoms. The Morgan fingerprint density at radius 3 is 2.88 bits per heavy atom. The Balaban J connectivity index is 1.39. The van der Waals surface area contributed by atoms with Crippen LogP contribution in [0.5, 0.6) is 0 Å². The first-order valence-electron chi connectivity index (χ1n) is 8.69. The summed E-state index contributed by atoms with van der Waals surface area (Å²) in [6, 6.07) is 17.1. The summed E-state index contributed by atoms with van der Waals surface area (Å²) < 4.78 is 1.29. The van der Waals surface area contributed by atoms with Crippen LogP contribution in [0, 0.1) is 0 Å². The van der Waals surface area contributed by atoms with Gasteiger partial charge >= 0.3 is 0 Å². The van der Waals surface area contributed by atoms with Crippen LogP contribution >= 0.6 is 11.3 Å². The largest absolute Gasteiger partial charge is 0.345 e. The SMILES string of the molecule is C=C(CCCc1nc2ccccc2s1)N1CCCc2ccccc21. The number of benzene rings is 2. The standard InChI is InChI=1S/C21H22N2S/c1-16(23-15-7-10-17-9-2-4-12-19(17)23)8-6-14-21-22-18-11-3-5-13-20(18)24-21/h2-5,9,11-13H,1,6-8,10,14-15H2. The lowest BCUT2D eigenvalue weighted by Crippen LogP contribution is -2.28. The Morgan fingerprint density at radius 2 is 1.96 bits per heavy atom. The topological polar surface area (TPSA) is 16.1 Å². The van der Waals surface area contributed by atoms with Crippen LogP contribution in [0.25, 0.3) is 10.2 Å². The zero-order chi connectivity index (χ0) is 16.4. The zero-order valence-corrected chi connectivity index (χ0v) is 14.7. The Bertz CT molecular complexity index is 832. The van der Waals surface area contributed by atoms with Crippen molar-refractivity contribution in [2.45, 2.75) is 32.1 Å². The van der Waals surface area contributed by atoms with Crippen LogP contribution in [-0.2, 0) is 12.8 Å². The molecule has 0 saturated carbocycles. The molecule has 2 aromatic carbocycles. The number of hydrogen-bond acceptors (Lipinski definition) is 3. The van der Waals surface area contributed by atoms with E-state index < -0.39 is 0 Å². The van der Waals surface area contributed by atoms with E-state index in [2.05, 4.69) is 60.0 Å². The fourth-order valence-corrected chi connectivity index (χ4v) is 4.48. The molecule has 3 aromatic rings. The van der Waals surface area contributed by atoms with E-state index in [9.17, 15) is 0 Å². The van der Waals surface area contributed by atoms with Crippen molar-refractivity contribution in [2.24, 2.45) is 0 Å². The first-order valence-corrected chi connectivity index (χ1v) is 9.50. The molecule has 0 amide bonds. The van der Waals surface area contributed by atoms with E-state index >= 15 is 0 Å². The number of para-hydroxylation sites is 2. The van der Waals surface area contributed by atoms with E-state index in [0.29, 0.717) is 0 Å². The number of aromatic nitrogens is 1. The summed E-state index contributed by atoms with van der Waals surface area (Å²) in [5.41, 5.74) is 5.18. The molecule has 0 atom stereocenters. The van der Waals surface area contributed by atoms with Gasteiger partial charge in [0.15, 0.2) is 0 Å². The highest BCUT2D eigenvalue weighted by Gasteiger charge is 2.18. The van der Waals surface area contributed by atoms with Gasteiger partial charge in [0.2, 0.25) is 0 Å². The molecule has 0 aliphatic carbocycles. The zero-order valence-electron chi connectivity index (χ0n) is 13.9. The highest BCUT2D eigenvalue weighted by molar-refractivity contribution is 7.18. The average molecular weight is 334 g/mol. The summed E-state index contributed by atoms with van der Waals surface area (Å²) in [5.74, 6) is 0. The molecule has 2 nitrogen and oxygen atoms in total. The molecule has 4 rings (SSSR count). The third-order valence-electron chi connectivity index (χ3n) is 4.69. The van der Waals surface area contributed by atoms with Gasteiger partial charge in [0, 0.05) is 17.9 Å². The van der Waals surface area contributed by atoms with Crippen molar-refractivity contribution < 1.29 is 0 Å². The van der Waals surface area contributed by atoms with Crippen LogP contribution < -0.4 is 4.90 Å². The number of thiazole rings is 1. The summed E-state index contributed by atoms with van der Waals surface area (Å²) in [5, 5.41) is 1.24. The molecule has 0 fully saturated rings. The van der Waals surface area contributed by atoms with Gasteiger partial charge in [0.05, 0.1) is 15.2 Å². The number of allylic oxidation sites excluding steroid dienone is 1. The third kappa shape index (κ3) is 3.09. The molecule has 1 aliphatic heterocycles. The lowest BCUT2D eigenvalue weighted by atomic mass is 10.0. The first kappa shape index (κ1) is 15.4. The predicted molar refractivity (Wildman–Crippen MR) is 104 cm³/mol. The van der Waals surface area contributed by atoms with Gasteiger partial charge in [-0.1, -0.05) is 36.9 Å². The van der Waals surface area contributed by atoms with E-state index in [4.69, 9.17) is 4.98 Å². The Labute approximate surface area is 147 Å². The maximum Gasteiger partial charge on any atom is 0.0938 e. The summed E-state index contributed by atoms with van der Waals surface area (Å²) in [4.78, 5) is 7.15. The van der Waals surface area contributed by atoms with E-state index in [1.54, 1.807) is 0 Å². The summed E-state index contributed by atoms with van der Waals surface area (Å²) >= 11 is 1.82. The normalized spacial score (nSPS) is 13.9. The van der Waals surface area contributed by atoms with Crippen LogP contribution in [0.4, 0.5) is 5.69 Å². The maximum absolute atomic E-state index is 4.73. The molecular formula is C21H22N2S. The fraction of sp³-hybridized carbons (Fsp3) is 0.286. The Hall–Kier alpha value is -2.13. The molecule has 0 saturated heterocycles. The molecule has 0 radical (unpaired) electrons. The van der Waals surface area contributed by atoms with Crippen LogP contribution in [-0.4, -0.2) is 11.5 Å². The number of aryl methyl sites for hydroxylation is 2. The Morgan fingerprint density at radius 1 is 1.12 bits per heavy atom. The maximum atomic E-state index is 4.73. The number of fused-ring (bicyclic) bond motifs is 2. The van der Waals surface area contributed by atoms with Gasteiger partial charge in [0.25, 0.3) is 0 Å². The molecule has 1 aromatic heterocycles. The van der Waals surface area contributed by atoms with Crippen molar-refractivity contribution >= 4 is 27.2 Å². The highest BCUT2D eigenvalue weighted by Crippen LogP contribution is 2.31. The van der Waals surface area contributed by atoms with Crippen molar-refractivity contribution in [2.75, 3.05) is 11.4 Å². The van der Waals surface area contributed by atoms with Crippen LogP contribution in [0.3, 0.4) is 0 Å². The minimum Gasteiger partial charge on any atom is -0.345 e. The second-order valence-electron chi connectivity index (χ2n) is 6.38. The highest BCUT2D eigenvalue weighted by atomic mass is 32.1. The van der Waals surface area contributed by atoms with Gasteiger partial charge in [-0.2, -0.15) is 0 Å². The van der Waals surface area contributed by atoms with Crippen LogP contribution in [0.15, 0.2) is 60.8 Å². The summed E-state index contributed by atoms with van der Waals surface area (Å²) in [6.45, 7) is 5.45. The smallest absolute Gasteiger partial charge is 0.0938 e. The molecular weight excluding hydrogens is 312 g/mol. The second-order valence-corrected chi connectivity index (χ2v) is 7.49. The van der Waals surface area contributed by atoms with Crippen molar-refractivity contribution in [3.63, 3.8) is 0 Å². The average Bonchev–Trinajstić information content (AvgIpc) is 3.04. The van der Waals surface area contributed by atoms with E-state index in [-0.39, 0.29) is 0 Å². The molecule has 122 valence electrons. The van der Waals surface area contributed by atoms with Gasteiger partial charge in [-0.25, -0.2) is 4.98 Å². The molecule has 2 heterocycles. The monoisotopic (exact) mass is 334 g/mol. The number of anilines is 1. The van der Waals surface area contributed by atoms with Crippen LogP contribution in [0.1, 0.15) is 29.8 Å². The molecule has 3 heteroatoms. The van der Waals surface area contributed by atoms with Gasteiger partial charge in [-0.15, -0.1) is 11.3 Å². The summed E-state index contributed by atoms with van der Waals surface area (Å²) in [6.07, 6.45) is 5.58. The van der Waals surface area contributed by atoms with Gasteiger partial charge in [-0.05, 0) is 55.9 Å². The van der Waals surface area contributed by atoms with Crippen molar-refractivity contribution in [3.05, 3.63) is 71.4 Å². The minimum absolute atomic E-state index is 1.03.